The maximum absolute atomic E-state index is 11.7. The van der Waals surface area contributed by atoms with Gasteiger partial charge in [-0.2, -0.15) is 0 Å². The fraction of sp³-hybridized carbons (Fsp3) is 0.500. The van der Waals surface area contributed by atoms with E-state index < -0.39 is 0 Å². The number of hydrogen-bond acceptors (Lipinski definition) is 4. The van der Waals surface area contributed by atoms with Gasteiger partial charge >= 0.3 is 0 Å². The molecule has 1 unspecified atom stereocenters. The molecular weight excluding hydrogens is 218 g/mol. The zero-order valence-electron chi connectivity index (χ0n) is 9.90. The van der Waals surface area contributed by atoms with Crippen LogP contribution in [0.5, 0.6) is 0 Å². The van der Waals surface area contributed by atoms with Crippen molar-refractivity contribution in [2.45, 2.75) is 18.9 Å². The van der Waals surface area contributed by atoms with Crippen LogP contribution in [0.4, 0.5) is 5.82 Å². The number of ether oxygens (including phenoxy) is 1. The molecule has 1 saturated heterocycles. The summed E-state index contributed by atoms with van der Waals surface area (Å²) in [7, 11) is 1.61. The lowest BCUT2D eigenvalue weighted by molar-refractivity contribution is 0.0873. The van der Waals surface area contributed by atoms with E-state index in [-0.39, 0.29) is 11.9 Å². The van der Waals surface area contributed by atoms with E-state index in [0.29, 0.717) is 18.0 Å². The number of carbonyl (C=O) groups is 1. The molecule has 2 N–H and O–H groups in total. The number of aromatic nitrogens is 1. The molecule has 1 aromatic rings. The molecule has 92 valence electrons. The Hall–Kier alpha value is -1.62. The second-order valence-corrected chi connectivity index (χ2v) is 4.04. The summed E-state index contributed by atoms with van der Waals surface area (Å²) < 4.78 is 5.39. The van der Waals surface area contributed by atoms with Crippen LogP contribution in [0, 0.1) is 0 Å². The summed E-state index contributed by atoms with van der Waals surface area (Å²) in [5.74, 6) is 0.500. The summed E-state index contributed by atoms with van der Waals surface area (Å²) in [4.78, 5) is 15.9. The molecule has 1 aromatic heterocycles. The number of carbonyl (C=O) groups excluding carboxylic acids is 1. The van der Waals surface area contributed by atoms with Crippen molar-refractivity contribution in [3.05, 3.63) is 23.9 Å². The van der Waals surface area contributed by atoms with Gasteiger partial charge in [0.25, 0.3) is 5.91 Å². The third-order valence-corrected chi connectivity index (χ3v) is 2.78. The first-order valence-corrected chi connectivity index (χ1v) is 5.82. The van der Waals surface area contributed by atoms with Gasteiger partial charge in [0.1, 0.15) is 5.82 Å². The van der Waals surface area contributed by atoms with Gasteiger partial charge in [0.05, 0.1) is 18.2 Å². The van der Waals surface area contributed by atoms with Crippen molar-refractivity contribution in [3.8, 4) is 0 Å². The van der Waals surface area contributed by atoms with Gasteiger partial charge in [0.2, 0.25) is 0 Å². The van der Waals surface area contributed by atoms with Gasteiger partial charge in [-0.05, 0) is 25.0 Å². The molecule has 17 heavy (non-hydrogen) atoms. The topological polar surface area (TPSA) is 63.2 Å². The first kappa shape index (κ1) is 11.9. The van der Waals surface area contributed by atoms with Crippen LogP contribution in [0.1, 0.15) is 23.2 Å². The molecule has 0 bridgehead atoms. The van der Waals surface area contributed by atoms with Crippen molar-refractivity contribution in [1.82, 2.24) is 10.3 Å². The monoisotopic (exact) mass is 235 g/mol. The van der Waals surface area contributed by atoms with Crippen LogP contribution in [0.15, 0.2) is 18.3 Å². The third kappa shape index (κ3) is 2.94. The van der Waals surface area contributed by atoms with E-state index in [1.54, 1.807) is 25.4 Å². The molecule has 1 fully saturated rings. The molecule has 2 rings (SSSR count). The highest BCUT2D eigenvalue weighted by molar-refractivity contribution is 5.98. The summed E-state index contributed by atoms with van der Waals surface area (Å²) >= 11 is 0. The Bertz CT molecular complexity index is 389. The second kappa shape index (κ2) is 5.63. The lowest BCUT2D eigenvalue weighted by atomic mass is 10.1. The first-order chi connectivity index (χ1) is 8.31. The number of nitrogens with one attached hydrogen (secondary N) is 2. The number of nitrogens with zero attached hydrogens (tertiary/aromatic N) is 1. The van der Waals surface area contributed by atoms with Crippen molar-refractivity contribution >= 4 is 11.7 Å². The van der Waals surface area contributed by atoms with Gasteiger partial charge in [-0.15, -0.1) is 0 Å². The van der Waals surface area contributed by atoms with Gasteiger partial charge in [-0.1, -0.05) is 0 Å². The maximum atomic E-state index is 11.7. The fourth-order valence-electron chi connectivity index (χ4n) is 1.89. The molecule has 1 atom stereocenters. The Kier molecular flexibility index (Phi) is 3.93. The number of rotatable bonds is 3. The van der Waals surface area contributed by atoms with Crippen LogP contribution < -0.4 is 10.6 Å². The van der Waals surface area contributed by atoms with Crippen LogP contribution in [0.25, 0.3) is 0 Å². The standard InChI is InChI=1S/C12H17N3O2/c1-13-12(16)10-5-2-6-14-11(10)15-9-4-3-7-17-8-9/h2,5-6,9H,3-4,7-8H2,1H3,(H,13,16)(H,14,15). The van der Waals surface area contributed by atoms with Crippen molar-refractivity contribution in [3.63, 3.8) is 0 Å². The van der Waals surface area contributed by atoms with Crippen LogP contribution in [0.3, 0.4) is 0 Å². The average Bonchev–Trinajstić information content (AvgIpc) is 2.40. The number of pyridine rings is 1. The highest BCUT2D eigenvalue weighted by Crippen LogP contribution is 2.16. The van der Waals surface area contributed by atoms with Gasteiger partial charge in [-0.25, -0.2) is 4.98 Å². The lowest BCUT2D eigenvalue weighted by Gasteiger charge is -2.24. The molecule has 0 saturated carbocycles. The molecule has 0 aliphatic carbocycles. The summed E-state index contributed by atoms with van der Waals surface area (Å²) in [5.41, 5.74) is 0.570. The molecule has 0 spiro atoms. The zero-order chi connectivity index (χ0) is 12.1. The highest BCUT2D eigenvalue weighted by Gasteiger charge is 2.17. The maximum Gasteiger partial charge on any atom is 0.254 e. The summed E-state index contributed by atoms with van der Waals surface area (Å²) in [6, 6.07) is 3.76. The SMILES string of the molecule is CNC(=O)c1cccnc1NC1CCCOC1. The summed E-state index contributed by atoms with van der Waals surface area (Å²) in [6.45, 7) is 1.49. The molecule has 0 radical (unpaired) electrons. The minimum absolute atomic E-state index is 0.127. The van der Waals surface area contributed by atoms with Crippen LogP contribution in [0.2, 0.25) is 0 Å². The Morgan fingerprint density at radius 2 is 2.47 bits per heavy atom. The van der Waals surface area contributed by atoms with Crippen molar-refractivity contribution < 1.29 is 9.53 Å². The molecule has 2 heterocycles. The van der Waals surface area contributed by atoms with Crippen molar-refractivity contribution in [2.24, 2.45) is 0 Å². The Morgan fingerprint density at radius 1 is 1.59 bits per heavy atom. The predicted molar refractivity (Wildman–Crippen MR) is 65.1 cm³/mol. The molecule has 5 nitrogen and oxygen atoms in total. The minimum atomic E-state index is -0.127. The normalized spacial score (nSPS) is 19.7. The number of amides is 1. The van der Waals surface area contributed by atoms with E-state index in [4.69, 9.17) is 4.74 Å². The molecule has 0 aromatic carbocycles. The fourth-order valence-corrected chi connectivity index (χ4v) is 1.89. The van der Waals surface area contributed by atoms with E-state index >= 15 is 0 Å². The van der Waals surface area contributed by atoms with Crippen molar-refractivity contribution in [2.75, 3.05) is 25.6 Å². The van der Waals surface area contributed by atoms with E-state index in [2.05, 4.69) is 15.6 Å². The predicted octanol–water partition coefficient (Wildman–Crippen LogP) is 1.03. The molecular formula is C12H17N3O2. The highest BCUT2D eigenvalue weighted by atomic mass is 16.5. The number of anilines is 1. The number of hydrogen-bond donors (Lipinski definition) is 2. The Balaban J connectivity index is 2.11. The van der Waals surface area contributed by atoms with Gasteiger partial charge < -0.3 is 15.4 Å². The Labute approximate surface area is 101 Å². The molecule has 5 heteroatoms. The molecule has 1 amide bonds. The van der Waals surface area contributed by atoms with Crippen LogP contribution >= 0.6 is 0 Å². The second-order valence-electron chi connectivity index (χ2n) is 4.04. The quantitative estimate of drug-likeness (QED) is 0.821. The van der Waals surface area contributed by atoms with Gasteiger partial charge in [0, 0.05) is 19.9 Å². The first-order valence-electron chi connectivity index (χ1n) is 5.82. The largest absolute Gasteiger partial charge is 0.379 e. The van der Waals surface area contributed by atoms with Crippen LogP contribution in [-0.4, -0.2) is 37.2 Å². The minimum Gasteiger partial charge on any atom is -0.379 e. The zero-order valence-corrected chi connectivity index (χ0v) is 9.90. The van der Waals surface area contributed by atoms with Gasteiger partial charge in [0.15, 0.2) is 0 Å². The molecule has 1 aliphatic heterocycles. The van der Waals surface area contributed by atoms with E-state index in [1.807, 2.05) is 0 Å². The Morgan fingerprint density at radius 3 is 3.18 bits per heavy atom. The smallest absolute Gasteiger partial charge is 0.254 e. The molecule has 1 aliphatic rings. The van der Waals surface area contributed by atoms with Crippen LogP contribution in [-0.2, 0) is 4.74 Å². The average molecular weight is 235 g/mol. The van der Waals surface area contributed by atoms with E-state index in [9.17, 15) is 4.79 Å². The van der Waals surface area contributed by atoms with Gasteiger partial charge in [-0.3, -0.25) is 4.79 Å². The van der Waals surface area contributed by atoms with E-state index in [0.717, 1.165) is 19.4 Å². The summed E-state index contributed by atoms with van der Waals surface area (Å²) in [6.07, 6.45) is 3.77. The summed E-state index contributed by atoms with van der Waals surface area (Å²) in [5, 5.41) is 5.88. The lowest BCUT2D eigenvalue weighted by Crippen LogP contribution is -2.31. The third-order valence-electron chi connectivity index (χ3n) is 2.78. The van der Waals surface area contributed by atoms with Crippen molar-refractivity contribution in [1.29, 1.82) is 0 Å². The van der Waals surface area contributed by atoms with E-state index in [1.165, 1.54) is 0 Å².